The van der Waals surface area contributed by atoms with Crippen molar-refractivity contribution >= 4 is 5.97 Å². The van der Waals surface area contributed by atoms with E-state index in [0.29, 0.717) is 12.6 Å². The molecule has 2 atom stereocenters. The molecule has 4 nitrogen and oxygen atoms in total. The summed E-state index contributed by atoms with van der Waals surface area (Å²) >= 11 is 0. The van der Waals surface area contributed by atoms with Crippen molar-refractivity contribution in [1.29, 1.82) is 0 Å². The Bertz CT molecular complexity index is 149. The van der Waals surface area contributed by atoms with E-state index in [1.165, 1.54) is 7.11 Å². The van der Waals surface area contributed by atoms with Crippen molar-refractivity contribution < 1.29 is 9.53 Å². The minimum absolute atomic E-state index is 0.177. The van der Waals surface area contributed by atoms with Crippen molar-refractivity contribution in [3.05, 3.63) is 0 Å². The summed E-state index contributed by atoms with van der Waals surface area (Å²) in [5, 5.41) is 6.27. The maximum Gasteiger partial charge on any atom is 0.324 e. The fraction of sp³-hybridized carbons (Fsp3) is 0.857. The van der Waals surface area contributed by atoms with Crippen LogP contribution in [0.1, 0.15) is 6.92 Å². The van der Waals surface area contributed by atoms with Gasteiger partial charge in [0.05, 0.1) is 7.11 Å². The fourth-order valence-corrected chi connectivity index (χ4v) is 1.20. The van der Waals surface area contributed by atoms with Crippen molar-refractivity contribution in [3.8, 4) is 0 Å². The molecule has 0 aromatic heterocycles. The Morgan fingerprint density at radius 1 is 1.55 bits per heavy atom. The number of hydrogen-bond acceptors (Lipinski definition) is 4. The van der Waals surface area contributed by atoms with Crippen LogP contribution >= 0.6 is 0 Å². The molecular weight excluding hydrogens is 144 g/mol. The van der Waals surface area contributed by atoms with Gasteiger partial charge in [0, 0.05) is 19.1 Å². The largest absolute Gasteiger partial charge is 0.468 e. The van der Waals surface area contributed by atoms with Crippen LogP contribution < -0.4 is 10.6 Å². The number of rotatable bonds is 1. The normalized spacial score (nSPS) is 31.5. The lowest BCUT2D eigenvalue weighted by Gasteiger charge is -2.27. The van der Waals surface area contributed by atoms with Crippen molar-refractivity contribution in [3.63, 3.8) is 0 Å². The summed E-state index contributed by atoms with van der Waals surface area (Å²) < 4.78 is 4.60. The minimum atomic E-state index is -0.191. The summed E-state index contributed by atoms with van der Waals surface area (Å²) in [4.78, 5) is 11.0. The molecule has 0 bridgehead atoms. The number of esters is 1. The van der Waals surface area contributed by atoms with Gasteiger partial charge in [-0.05, 0) is 6.92 Å². The van der Waals surface area contributed by atoms with E-state index in [-0.39, 0.29) is 12.0 Å². The molecule has 0 aromatic rings. The zero-order chi connectivity index (χ0) is 8.27. The first-order valence-corrected chi connectivity index (χ1v) is 3.78. The molecule has 1 aliphatic rings. The van der Waals surface area contributed by atoms with Gasteiger partial charge in [-0.15, -0.1) is 0 Å². The quantitative estimate of drug-likeness (QED) is 0.486. The topological polar surface area (TPSA) is 50.4 Å². The molecule has 0 aromatic carbocycles. The highest BCUT2D eigenvalue weighted by atomic mass is 16.5. The highest BCUT2D eigenvalue weighted by Gasteiger charge is 2.23. The Balaban J connectivity index is 2.39. The number of hydrogen-bond donors (Lipinski definition) is 2. The number of carbonyl (C=O) groups is 1. The molecule has 0 spiro atoms. The van der Waals surface area contributed by atoms with Gasteiger partial charge < -0.3 is 10.1 Å². The molecule has 64 valence electrons. The number of ether oxygens (including phenoxy) is 1. The Morgan fingerprint density at radius 3 is 2.82 bits per heavy atom. The molecule has 2 unspecified atom stereocenters. The average molecular weight is 158 g/mol. The average Bonchev–Trinajstić information content (AvgIpc) is 2.03. The van der Waals surface area contributed by atoms with Crippen LogP contribution in [0, 0.1) is 0 Å². The van der Waals surface area contributed by atoms with Crippen LogP contribution in [0.15, 0.2) is 0 Å². The second kappa shape index (κ2) is 3.69. The first-order chi connectivity index (χ1) is 5.24. The summed E-state index contributed by atoms with van der Waals surface area (Å²) in [5.41, 5.74) is 0. The van der Waals surface area contributed by atoms with E-state index < -0.39 is 0 Å². The molecular formula is C7H14N2O2. The number of piperazine rings is 1. The van der Waals surface area contributed by atoms with Crippen molar-refractivity contribution in [2.24, 2.45) is 0 Å². The van der Waals surface area contributed by atoms with Gasteiger partial charge in [0.15, 0.2) is 0 Å². The van der Waals surface area contributed by atoms with E-state index in [4.69, 9.17) is 0 Å². The Morgan fingerprint density at radius 2 is 2.27 bits per heavy atom. The predicted molar refractivity (Wildman–Crippen MR) is 41.3 cm³/mol. The van der Waals surface area contributed by atoms with Gasteiger partial charge in [0.25, 0.3) is 0 Å². The molecule has 1 aliphatic heterocycles. The van der Waals surface area contributed by atoms with Gasteiger partial charge in [0.2, 0.25) is 0 Å². The highest BCUT2D eigenvalue weighted by molar-refractivity contribution is 5.76. The fourth-order valence-electron chi connectivity index (χ4n) is 1.20. The molecule has 0 saturated carbocycles. The van der Waals surface area contributed by atoms with Gasteiger partial charge >= 0.3 is 5.97 Å². The molecule has 1 heterocycles. The summed E-state index contributed by atoms with van der Waals surface area (Å²) in [6.07, 6.45) is 0. The Labute approximate surface area is 66.3 Å². The molecule has 11 heavy (non-hydrogen) atoms. The van der Waals surface area contributed by atoms with E-state index in [1.54, 1.807) is 0 Å². The van der Waals surface area contributed by atoms with Gasteiger partial charge in [0.1, 0.15) is 6.04 Å². The first-order valence-electron chi connectivity index (χ1n) is 3.78. The monoisotopic (exact) mass is 158 g/mol. The molecule has 4 heteroatoms. The maximum atomic E-state index is 11.0. The van der Waals surface area contributed by atoms with Crippen molar-refractivity contribution in [2.75, 3.05) is 20.2 Å². The molecule has 1 rings (SSSR count). The number of nitrogens with one attached hydrogen (secondary N) is 2. The number of carbonyl (C=O) groups excluding carboxylic acids is 1. The second-order valence-corrected chi connectivity index (χ2v) is 2.80. The van der Waals surface area contributed by atoms with Crippen LogP contribution in [0.4, 0.5) is 0 Å². The maximum absolute atomic E-state index is 11.0. The zero-order valence-corrected chi connectivity index (χ0v) is 6.89. The minimum Gasteiger partial charge on any atom is -0.468 e. The lowest BCUT2D eigenvalue weighted by atomic mass is 10.2. The predicted octanol–water partition coefficient (Wildman–Crippen LogP) is -0.891. The molecule has 0 amide bonds. The van der Waals surface area contributed by atoms with Crippen LogP contribution in [-0.2, 0) is 9.53 Å². The summed E-state index contributed by atoms with van der Waals surface area (Å²) in [5.74, 6) is -0.191. The zero-order valence-electron chi connectivity index (χ0n) is 6.89. The smallest absolute Gasteiger partial charge is 0.324 e. The van der Waals surface area contributed by atoms with Crippen LogP contribution in [-0.4, -0.2) is 38.3 Å². The van der Waals surface area contributed by atoms with E-state index in [9.17, 15) is 4.79 Å². The van der Waals surface area contributed by atoms with Gasteiger partial charge in [-0.3, -0.25) is 10.1 Å². The first kappa shape index (κ1) is 8.49. The van der Waals surface area contributed by atoms with Gasteiger partial charge in [-0.25, -0.2) is 0 Å². The Kier molecular flexibility index (Phi) is 2.84. The van der Waals surface area contributed by atoms with Crippen LogP contribution in [0.2, 0.25) is 0 Å². The van der Waals surface area contributed by atoms with Crippen LogP contribution in [0.25, 0.3) is 0 Å². The third-order valence-electron chi connectivity index (χ3n) is 1.77. The van der Waals surface area contributed by atoms with Crippen LogP contribution in [0.3, 0.4) is 0 Å². The van der Waals surface area contributed by atoms with E-state index in [0.717, 1.165) is 6.54 Å². The third-order valence-corrected chi connectivity index (χ3v) is 1.77. The van der Waals surface area contributed by atoms with E-state index in [1.807, 2.05) is 6.92 Å². The van der Waals surface area contributed by atoms with Crippen molar-refractivity contribution in [1.82, 2.24) is 10.6 Å². The van der Waals surface area contributed by atoms with Gasteiger partial charge in [-0.2, -0.15) is 0 Å². The highest BCUT2D eigenvalue weighted by Crippen LogP contribution is 1.94. The number of methoxy groups -OCH3 is 1. The van der Waals surface area contributed by atoms with E-state index in [2.05, 4.69) is 15.4 Å². The lowest BCUT2D eigenvalue weighted by molar-refractivity contribution is -0.143. The summed E-state index contributed by atoms with van der Waals surface area (Å²) in [6.45, 7) is 3.60. The molecule has 1 saturated heterocycles. The van der Waals surface area contributed by atoms with E-state index >= 15 is 0 Å². The molecule has 0 aliphatic carbocycles. The standard InChI is InChI=1S/C7H14N2O2/c1-5-3-8-4-6(9-5)7(10)11-2/h5-6,8-9H,3-4H2,1-2H3. The second-order valence-electron chi connectivity index (χ2n) is 2.80. The molecule has 0 radical (unpaired) electrons. The third kappa shape index (κ3) is 2.17. The van der Waals surface area contributed by atoms with Gasteiger partial charge in [-0.1, -0.05) is 0 Å². The molecule has 2 N–H and O–H groups in total. The SMILES string of the molecule is COC(=O)C1CNCC(C)N1. The summed E-state index contributed by atoms with van der Waals surface area (Å²) in [7, 11) is 1.41. The molecule has 1 fully saturated rings. The lowest BCUT2D eigenvalue weighted by Crippen LogP contribution is -2.57. The van der Waals surface area contributed by atoms with Crippen molar-refractivity contribution in [2.45, 2.75) is 19.0 Å². The Hall–Kier alpha value is -0.610. The van der Waals surface area contributed by atoms with Crippen LogP contribution in [0.5, 0.6) is 0 Å². The summed E-state index contributed by atoms with van der Waals surface area (Å²) in [6, 6.07) is 0.164.